The number of anilines is 1. The minimum atomic E-state index is -0.204. The zero-order chi connectivity index (χ0) is 13.8. The van der Waals surface area contributed by atoms with Crippen molar-refractivity contribution >= 4 is 17.3 Å². The standard InChI is InChI=1S/C15H23ClN2O/c1-11(19)12-6-8-18(9-7-12)15-13(10-17-2)4-3-5-14(15)16/h3-5,11-12,17,19H,6-10H2,1-2H3. The predicted octanol–water partition coefficient (Wildman–Crippen LogP) is 2.66. The van der Waals surface area contributed by atoms with E-state index in [-0.39, 0.29) is 6.10 Å². The molecule has 0 aliphatic carbocycles. The van der Waals surface area contributed by atoms with Crippen LogP contribution in [-0.4, -0.2) is 31.3 Å². The first-order valence-corrected chi connectivity index (χ1v) is 7.36. The van der Waals surface area contributed by atoms with Gasteiger partial charge in [0, 0.05) is 19.6 Å². The van der Waals surface area contributed by atoms with Gasteiger partial charge in [-0.2, -0.15) is 0 Å². The Morgan fingerprint density at radius 1 is 1.42 bits per heavy atom. The van der Waals surface area contributed by atoms with Crippen LogP contribution >= 0.6 is 11.6 Å². The molecule has 1 fully saturated rings. The molecule has 0 bridgehead atoms. The average Bonchev–Trinajstić information content (AvgIpc) is 2.39. The number of hydrogen-bond acceptors (Lipinski definition) is 3. The van der Waals surface area contributed by atoms with E-state index >= 15 is 0 Å². The Morgan fingerprint density at radius 3 is 2.68 bits per heavy atom. The van der Waals surface area contributed by atoms with Crippen molar-refractivity contribution in [2.45, 2.75) is 32.4 Å². The molecular formula is C15H23ClN2O. The van der Waals surface area contributed by atoms with Crippen molar-refractivity contribution in [3.05, 3.63) is 28.8 Å². The van der Waals surface area contributed by atoms with Gasteiger partial charge in [-0.3, -0.25) is 0 Å². The summed E-state index contributed by atoms with van der Waals surface area (Å²) in [4.78, 5) is 2.36. The van der Waals surface area contributed by atoms with Crippen LogP contribution in [0.5, 0.6) is 0 Å². The summed E-state index contributed by atoms with van der Waals surface area (Å²) >= 11 is 6.38. The number of benzene rings is 1. The van der Waals surface area contributed by atoms with Gasteiger partial charge in [-0.15, -0.1) is 0 Å². The molecule has 4 heteroatoms. The van der Waals surface area contributed by atoms with Crippen molar-refractivity contribution in [2.24, 2.45) is 5.92 Å². The van der Waals surface area contributed by atoms with Crippen LogP contribution in [0.25, 0.3) is 0 Å². The summed E-state index contributed by atoms with van der Waals surface area (Å²) in [6.45, 7) is 4.65. The van der Waals surface area contributed by atoms with Gasteiger partial charge in [0.1, 0.15) is 0 Å². The van der Waals surface area contributed by atoms with Gasteiger partial charge >= 0.3 is 0 Å². The van der Waals surface area contributed by atoms with Crippen molar-refractivity contribution in [1.82, 2.24) is 5.32 Å². The van der Waals surface area contributed by atoms with E-state index in [0.717, 1.165) is 43.2 Å². The molecule has 1 atom stereocenters. The van der Waals surface area contributed by atoms with Crippen molar-refractivity contribution in [2.75, 3.05) is 25.0 Å². The molecule has 1 unspecified atom stereocenters. The number of hydrogen-bond donors (Lipinski definition) is 2. The molecule has 1 aromatic rings. The van der Waals surface area contributed by atoms with Crippen LogP contribution in [0, 0.1) is 5.92 Å². The first-order chi connectivity index (χ1) is 9.13. The molecule has 1 saturated heterocycles. The Hall–Kier alpha value is -0.770. The number of para-hydroxylation sites is 1. The fraction of sp³-hybridized carbons (Fsp3) is 0.600. The van der Waals surface area contributed by atoms with Crippen LogP contribution in [0.4, 0.5) is 5.69 Å². The Labute approximate surface area is 120 Å². The number of aliphatic hydroxyl groups excluding tert-OH is 1. The molecule has 1 aliphatic heterocycles. The molecule has 3 nitrogen and oxygen atoms in total. The minimum Gasteiger partial charge on any atom is -0.393 e. The third-order valence-corrected chi connectivity index (χ3v) is 4.28. The van der Waals surface area contributed by atoms with Crippen LogP contribution in [0.15, 0.2) is 18.2 Å². The second-order valence-electron chi connectivity index (χ2n) is 5.34. The molecule has 0 radical (unpaired) electrons. The van der Waals surface area contributed by atoms with Crippen molar-refractivity contribution in [3.63, 3.8) is 0 Å². The van der Waals surface area contributed by atoms with Gasteiger partial charge in [-0.1, -0.05) is 23.7 Å². The zero-order valence-electron chi connectivity index (χ0n) is 11.7. The average molecular weight is 283 g/mol. The van der Waals surface area contributed by atoms with Gasteiger partial charge in [0.15, 0.2) is 0 Å². The molecule has 0 saturated carbocycles. The number of nitrogens with zero attached hydrogens (tertiary/aromatic N) is 1. The topological polar surface area (TPSA) is 35.5 Å². The van der Waals surface area contributed by atoms with Gasteiger partial charge < -0.3 is 15.3 Å². The zero-order valence-corrected chi connectivity index (χ0v) is 12.5. The Kier molecular flexibility index (Phi) is 5.08. The number of halogens is 1. The summed E-state index contributed by atoms with van der Waals surface area (Å²) < 4.78 is 0. The van der Waals surface area contributed by atoms with Gasteiger partial charge in [-0.25, -0.2) is 0 Å². The van der Waals surface area contributed by atoms with Crippen LogP contribution < -0.4 is 10.2 Å². The highest BCUT2D eigenvalue weighted by Crippen LogP contribution is 2.33. The number of nitrogens with one attached hydrogen (secondary N) is 1. The monoisotopic (exact) mass is 282 g/mol. The maximum Gasteiger partial charge on any atom is 0.0642 e. The lowest BCUT2D eigenvalue weighted by Crippen LogP contribution is -2.37. The number of piperidine rings is 1. The molecule has 2 rings (SSSR count). The van der Waals surface area contributed by atoms with E-state index in [4.69, 9.17) is 11.6 Å². The number of rotatable bonds is 4. The smallest absolute Gasteiger partial charge is 0.0642 e. The van der Waals surface area contributed by atoms with E-state index in [9.17, 15) is 5.11 Å². The minimum absolute atomic E-state index is 0.204. The Morgan fingerprint density at radius 2 is 2.11 bits per heavy atom. The lowest BCUT2D eigenvalue weighted by Gasteiger charge is -2.36. The maximum atomic E-state index is 9.67. The van der Waals surface area contributed by atoms with Crippen LogP contribution in [0.1, 0.15) is 25.3 Å². The highest BCUT2D eigenvalue weighted by Gasteiger charge is 2.24. The summed E-state index contributed by atoms with van der Waals surface area (Å²) in [7, 11) is 1.95. The van der Waals surface area contributed by atoms with E-state index in [0.29, 0.717) is 5.92 Å². The third kappa shape index (κ3) is 3.41. The van der Waals surface area contributed by atoms with Gasteiger partial charge in [0.2, 0.25) is 0 Å². The predicted molar refractivity (Wildman–Crippen MR) is 80.8 cm³/mol. The number of aliphatic hydroxyl groups is 1. The van der Waals surface area contributed by atoms with E-state index in [1.54, 1.807) is 0 Å². The second kappa shape index (κ2) is 6.60. The van der Waals surface area contributed by atoms with Crippen LogP contribution in [-0.2, 0) is 6.54 Å². The lowest BCUT2D eigenvalue weighted by atomic mass is 9.91. The third-order valence-electron chi connectivity index (χ3n) is 3.98. The van der Waals surface area contributed by atoms with Crippen LogP contribution in [0.2, 0.25) is 5.02 Å². The van der Waals surface area contributed by atoms with Crippen molar-refractivity contribution < 1.29 is 5.11 Å². The largest absolute Gasteiger partial charge is 0.393 e. The van der Waals surface area contributed by atoms with E-state index < -0.39 is 0 Å². The molecule has 0 aromatic heterocycles. The van der Waals surface area contributed by atoms with Gasteiger partial charge in [0.25, 0.3) is 0 Å². The molecule has 1 heterocycles. The first-order valence-electron chi connectivity index (χ1n) is 6.98. The molecule has 19 heavy (non-hydrogen) atoms. The lowest BCUT2D eigenvalue weighted by molar-refractivity contribution is 0.110. The highest BCUT2D eigenvalue weighted by atomic mass is 35.5. The SMILES string of the molecule is CNCc1cccc(Cl)c1N1CCC(C(C)O)CC1. The van der Waals surface area contributed by atoms with Gasteiger partial charge in [-0.05, 0) is 44.4 Å². The normalized spacial score (nSPS) is 18.6. The first kappa shape index (κ1) is 14.6. The summed E-state index contributed by atoms with van der Waals surface area (Å²) in [5.74, 6) is 0.423. The molecule has 1 aliphatic rings. The fourth-order valence-electron chi connectivity index (χ4n) is 2.85. The van der Waals surface area contributed by atoms with Crippen LogP contribution in [0.3, 0.4) is 0 Å². The molecule has 106 valence electrons. The maximum absolute atomic E-state index is 9.67. The summed E-state index contributed by atoms with van der Waals surface area (Å²) in [5, 5.41) is 13.7. The van der Waals surface area contributed by atoms with Crippen molar-refractivity contribution in [1.29, 1.82) is 0 Å². The molecule has 0 spiro atoms. The summed E-state index contributed by atoms with van der Waals surface area (Å²) in [6, 6.07) is 6.08. The highest BCUT2D eigenvalue weighted by molar-refractivity contribution is 6.33. The Bertz CT molecular complexity index is 415. The fourth-order valence-corrected chi connectivity index (χ4v) is 3.17. The van der Waals surface area contributed by atoms with Gasteiger partial charge in [0.05, 0.1) is 16.8 Å². The molecule has 0 amide bonds. The van der Waals surface area contributed by atoms with E-state index in [1.807, 2.05) is 26.1 Å². The summed E-state index contributed by atoms with van der Waals surface area (Å²) in [5.41, 5.74) is 2.40. The Balaban J connectivity index is 2.14. The molecule has 2 N–H and O–H groups in total. The summed E-state index contributed by atoms with van der Waals surface area (Å²) in [6.07, 6.45) is 1.86. The van der Waals surface area contributed by atoms with Crippen molar-refractivity contribution in [3.8, 4) is 0 Å². The second-order valence-corrected chi connectivity index (χ2v) is 5.75. The quantitative estimate of drug-likeness (QED) is 0.891. The van der Waals surface area contributed by atoms with E-state index in [2.05, 4.69) is 16.3 Å². The van der Waals surface area contributed by atoms with E-state index in [1.165, 1.54) is 5.56 Å². The molecular weight excluding hydrogens is 260 g/mol. The molecule has 1 aromatic carbocycles.